The van der Waals surface area contributed by atoms with Crippen molar-refractivity contribution >= 4 is 39.9 Å². The number of nitrogens with one attached hydrogen (secondary N) is 1. The Kier molecular flexibility index (Phi) is 7.26. The van der Waals surface area contributed by atoms with Crippen LogP contribution < -0.4 is 10.9 Å². The summed E-state index contributed by atoms with van der Waals surface area (Å²) in [6, 6.07) is 9.34. The summed E-state index contributed by atoms with van der Waals surface area (Å²) in [5.74, 6) is -0.236. The van der Waals surface area contributed by atoms with Gasteiger partial charge in [-0.25, -0.2) is 4.68 Å². The minimum atomic E-state index is -0.401. The van der Waals surface area contributed by atoms with E-state index in [1.165, 1.54) is 11.8 Å². The van der Waals surface area contributed by atoms with Gasteiger partial charge in [-0.05, 0) is 39.8 Å². The first-order chi connectivity index (χ1) is 12.8. The van der Waals surface area contributed by atoms with Gasteiger partial charge in [-0.2, -0.15) is 0 Å². The molecule has 8 heteroatoms. The van der Waals surface area contributed by atoms with Crippen LogP contribution in [0.5, 0.6) is 0 Å². The summed E-state index contributed by atoms with van der Waals surface area (Å²) >= 11 is 6.75. The minimum Gasteiger partial charge on any atom is -0.358 e. The van der Waals surface area contributed by atoms with Crippen LogP contribution in [0.15, 0.2) is 35.1 Å². The zero-order valence-electron chi connectivity index (χ0n) is 16.4. The minimum absolute atomic E-state index is 0.236. The third-order valence-corrected chi connectivity index (χ3v) is 6.05. The van der Waals surface area contributed by atoms with Crippen LogP contribution >= 0.6 is 24.0 Å². The molecule has 1 heterocycles. The smallest absolute Gasteiger partial charge is 0.295 e. The standard InChI is InChI=1S/C19H26N4O2S2/c1-6-22(7-2)19(26)27-14(4)17(24)20-16-13(3)21(5)23(18(16)25)15-11-9-8-10-12-15/h8-12,14H,6-7H2,1-5H3,(H,20,24)/t14-/m1/s1. The summed E-state index contributed by atoms with van der Waals surface area (Å²) in [7, 11) is 1.80. The predicted octanol–water partition coefficient (Wildman–Crippen LogP) is 3.17. The Morgan fingerprint density at radius 1 is 1.26 bits per heavy atom. The van der Waals surface area contributed by atoms with Crippen molar-refractivity contribution in [3.05, 3.63) is 46.4 Å². The van der Waals surface area contributed by atoms with Crippen LogP contribution in [0.4, 0.5) is 5.69 Å². The molecule has 0 fully saturated rings. The van der Waals surface area contributed by atoms with Gasteiger partial charge in [0.05, 0.1) is 16.6 Å². The summed E-state index contributed by atoms with van der Waals surface area (Å²) in [5.41, 5.74) is 1.49. The molecule has 1 amide bonds. The molecule has 2 aromatic rings. The number of thiocarbonyl (C=S) groups is 1. The van der Waals surface area contributed by atoms with Gasteiger partial charge < -0.3 is 10.2 Å². The van der Waals surface area contributed by atoms with Gasteiger partial charge in [0.15, 0.2) is 0 Å². The number of hydrogen-bond donors (Lipinski definition) is 1. The average Bonchev–Trinajstić information content (AvgIpc) is 2.86. The number of benzene rings is 1. The van der Waals surface area contributed by atoms with Crippen molar-refractivity contribution in [2.45, 2.75) is 32.9 Å². The van der Waals surface area contributed by atoms with Crippen LogP contribution in [0.1, 0.15) is 26.5 Å². The lowest BCUT2D eigenvalue weighted by Crippen LogP contribution is -2.32. The van der Waals surface area contributed by atoms with Gasteiger partial charge in [-0.1, -0.05) is 42.2 Å². The van der Waals surface area contributed by atoms with Crippen molar-refractivity contribution in [1.29, 1.82) is 0 Å². The Morgan fingerprint density at radius 2 is 1.85 bits per heavy atom. The van der Waals surface area contributed by atoms with Crippen molar-refractivity contribution in [3.63, 3.8) is 0 Å². The van der Waals surface area contributed by atoms with E-state index in [1.54, 1.807) is 23.3 Å². The van der Waals surface area contributed by atoms with Gasteiger partial charge in [0.25, 0.3) is 5.56 Å². The number of amides is 1. The van der Waals surface area contributed by atoms with E-state index in [2.05, 4.69) is 5.32 Å². The number of para-hydroxylation sites is 1. The number of rotatable bonds is 6. The highest BCUT2D eigenvalue weighted by Crippen LogP contribution is 2.19. The summed E-state index contributed by atoms with van der Waals surface area (Å²) in [4.78, 5) is 27.5. The molecule has 0 radical (unpaired) electrons. The fraction of sp³-hybridized carbons (Fsp3) is 0.421. The topological polar surface area (TPSA) is 59.3 Å². The molecule has 2 rings (SSSR count). The molecule has 1 aromatic heterocycles. The van der Waals surface area contributed by atoms with Crippen LogP contribution in [0.3, 0.4) is 0 Å². The van der Waals surface area contributed by atoms with Crippen LogP contribution in [-0.4, -0.2) is 42.8 Å². The lowest BCUT2D eigenvalue weighted by Gasteiger charge is -2.22. The van der Waals surface area contributed by atoms with Crippen molar-refractivity contribution in [1.82, 2.24) is 14.3 Å². The molecule has 1 atom stereocenters. The van der Waals surface area contributed by atoms with Gasteiger partial charge in [-0.3, -0.25) is 14.3 Å². The third kappa shape index (κ3) is 4.62. The Labute approximate surface area is 169 Å². The summed E-state index contributed by atoms with van der Waals surface area (Å²) in [6.07, 6.45) is 0. The quantitative estimate of drug-likeness (QED) is 0.747. The molecule has 0 saturated heterocycles. The van der Waals surface area contributed by atoms with Gasteiger partial charge in [0, 0.05) is 20.1 Å². The molecule has 146 valence electrons. The zero-order valence-corrected chi connectivity index (χ0v) is 18.0. The first-order valence-corrected chi connectivity index (χ1v) is 10.2. The number of aromatic nitrogens is 2. The van der Waals surface area contributed by atoms with E-state index < -0.39 is 5.25 Å². The van der Waals surface area contributed by atoms with Gasteiger partial charge >= 0.3 is 0 Å². The first-order valence-electron chi connectivity index (χ1n) is 8.92. The molecule has 1 aromatic carbocycles. The largest absolute Gasteiger partial charge is 0.358 e. The molecular formula is C19H26N4O2S2. The van der Waals surface area contributed by atoms with Crippen LogP contribution in [-0.2, 0) is 11.8 Å². The number of carbonyl (C=O) groups excluding carboxylic acids is 1. The molecule has 0 spiro atoms. The molecule has 1 N–H and O–H groups in total. The van der Waals surface area contributed by atoms with E-state index in [0.29, 0.717) is 15.7 Å². The van der Waals surface area contributed by atoms with Gasteiger partial charge in [0.1, 0.15) is 10.0 Å². The Balaban J connectivity index is 2.21. The molecule has 27 heavy (non-hydrogen) atoms. The fourth-order valence-corrected chi connectivity index (χ4v) is 4.27. The van der Waals surface area contributed by atoms with E-state index in [0.717, 1.165) is 18.8 Å². The van der Waals surface area contributed by atoms with Crippen LogP contribution in [0, 0.1) is 6.92 Å². The lowest BCUT2D eigenvalue weighted by molar-refractivity contribution is -0.115. The van der Waals surface area contributed by atoms with Crippen molar-refractivity contribution in [2.75, 3.05) is 18.4 Å². The Morgan fingerprint density at radius 3 is 2.41 bits per heavy atom. The highest BCUT2D eigenvalue weighted by atomic mass is 32.2. The summed E-state index contributed by atoms with van der Waals surface area (Å²) in [5, 5.41) is 2.40. The normalized spacial score (nSPS) is 11.9. The second-order valence-electron chi connectivity index (χ2n) is 6.12. The number of anilines is 1. The van der Waals surface area contributed by atoms with Gasteiger partial charge in [-0.15, -0.1) is 0 Å². The van der Waals surface area contributed by atoms with Crippen LogP contribution in [0.2, 0.25) is 0 Å². The molecule has 0 aliphatic heterocycles. The monoisotopic (exact) mass is 406 g/mol. The van der Waals surface area contributed by atoms with Crippen molar-refractivity contribution in [3.8, 4) is 5.69 Å². The molecule has 0 aliphatic carbocycles. The summed E-state index contributed by atoms with van der Waals surface area (Å²) < 4.78 is 3.98. The molecule has 0 saturated carbocycles. The SMILES string of the molecule is CCN(CC)C(=S)S[C@H](C)C(=O)Nc1c(C)n(C)n(-c2ccccc2)c1=O. The highest BCUT2D eigenvalue weighted by Gasteiger charge is 2.23. The number of hydrogen-bond acceptors (Lipinski definition) is 4. The third-order valence-electron chi connectivity index (χ3n) is 4.47. The second-order valence-corrected chi connectivity index (χ2v) is 8.10. The number of carbonyl (C=O) groups is 1. The average molecular weight is 407 g/mol. The molecular weight excluding hydrogens is 380 g/mol. The zero-order chi connectivity index (χ0) is 20.1. The van der Waals surface area contributed by atoms with Crippen molar-refractivity contribution < 1.29 is 4.79 Å². The Bertz CT molecular complexity index is 870. The lowest BCUT2D eigenvalue weighted by atomic mass is 10.3. The van der Waals surface area contributed by atoms with Crippen molar-refractivity contribution in [2.24, 2.45) is 7.05 Å². The van der Waals surface area contributed by atoms with E-state index in [1.807, 2.05) is 56.0 Å². The number of thioether (sulfide) groups is 1. The maximum Gasteiger partial charge on any atom is 0.295 e. The van der Waals surface area contributed by atoms with E-state index in [-0.39, 0.29) is 11.5 Å². The predicted molar refractivity (Wildman–Crippen MR) is 117 cm³/mol. The Hall–Kier alpha value is -2.06. The molecule has 0 bridgehead atoms. The van der Waals surface area contributed by atoms with Crippen LogP contribution in [0.25, 0.3) is 5.69 Å². The maximum atomic E-state index is 12.9. The fourth-order valence-electron chi connectivity index (χ4n) is 2.70. The van der Waals surface area contributed by atoms with E-state index >= 15 is 0 Å². The highest BCUT2D eigenvalue weighted by molar-refractivity contribution is 8.23. The molecule has 6 nitrogen and oxygen atoms in total. The van der Waals surface area contributed by atoms with Gasteiger partial charge in [0.2, 0.25) is 5.91 Å². The van der Waals surface area contributed by atoms with E-state index in [4.69, 9.17) is 12.2 Å². The maximum absolute atomic E-state index is 12.9. The first kappa shape index (κ1) is 21.2. The summed E-state index contributed by atoms with van der Waals surface area (Å²) in [6.45, 7) is 9.27. The molecule has 0 aliphatic rings. The number of nitrogens with zero attached hydrogens (tertiary/aromatic N) is 3. The molecule has 0 unspecified atom stereocenters. The van der Waals surface area contributed by atoms with E-state index in [9.17, 15) is 9.59 Å². The second kappa shape index (κ2) is 9.23.